The molecule has 0 aromatic rings. The van der Waals surface area contributed by atoms with Gasteiger partial charge >= 0.3 is 37.9 Å². The first-order chi connectivity index (χ1) is 6.73. The van der Waals surface area contributed by atoms with Crippen molar-refractivity contribution in [3.8, 4) is 0 Å². The molecule has 80 valence electrons. The molecule has 3 nitrogen and oxygen atoms in total. The van der Waals surface area contributed by atoms with Crippen molar-refractivity contribution in [1.29, 1.82) is 0 Å². The third-order valence-corrected chi connectivity index (χ3v) is 1.90. The molecule has 1 rings (SSSR count). The molecule has 0 bridgehead atoms. The van der Waals surface area contributed by atoms with Gasteiger partial charge in [-0.05, 0) is 6.08 Å². The third-order valence-electron chi connectivity index (χ3n) is 1.90. The fraction of sp³-hybridized carbons (Fsp3) is 0.500. The second-order valence-electron chi connectivity index (χ2n) is 2.56. The van der Waals surface area contributed by atoms with E-state index < -0.39 is 20.8 Å². The van der Waals surface area contributed by atoms with E-state index in [2.05, 4.69) is 22.0 Å². The summed E-state index contributed by atoms with van der Waals surface area (Å²) < 4.78 is 0. The number of hydrogen-bond acceptors (Lipinski definition) is 3. The summed E-state index contributed by atoms with van der Waals surface area (Å²) >= 11 is -0.826. The van der Waals surface area contributed by atoms with Gasteiger partial charge in [0.05, 0.1) is 5.70 Å². The number of hydrogen-bond donors (Lipinski definition) is 3. The molecular formula is C8H15Cl2N3Zr. The van der Waals surface area contributed by atoms with Gasteiger partial charge < -0.3 is 16.0 Å². The van der Waals surface area contributed by atoms with Gasteiger partial charge in [0.25, 0.3) is 0 Å². The normalized spacial score (nSPS) is 13.9. The van der Waals surface area contributed by atoms with Gasteiger partial charge in [0, 0.05) is 39.0 Å². The average molecular weight is 315 g/mol. The number of nitrogens with one attached hydrogen (secondary N) is 3. The Kier molecular flexibility index (Phi) is 8.85. The molecule has 6 heteroatoms. The first-order valence-corrected chi connectivity index (χ1v) is 10.5. The Morgan fingerprint density at radius 1 is 1.14 bits per heavy atom. The Balaban J connectivity index is 0.000000500. The summed E-state index contributed by atoms with van der Waals surface area (Å²) in [4.78, 5) is 0. The van der Waals surface area contributed by atoms with Crippen LogP contribution in [0.3, 0.4) is 0 Å². The third kappa shape index (κ3) is 4.72. The fourth-order valence-electron chi connectivity index (χ4n) is 1.20. The van der Waals surface area contributed by atoms with Crippen LogP contribution in [0.4, 0.5) is 0 Å². The zero-order chi connectivity index (χ0) is 11.0. The molecule has 0 radical (unpaired) electrons. The van der Waals surface area contributed by atoms with Gasteiger partial charge in [0.1, 0.15) is 0 Å². The molecule has 0 saturated carbocycles. The Morgan fingerprint density at radius 2 is 1.71 bits per heavy atom. The minimum atomic E-state index is -0.826. The summed E-state index contributed by atoms with van der Waals surface area (Å²) in [7, 11) is 15.7. The van der Waals surface area contributed by atoms with Gasteiger partial charge in [0.2, 0.25) is 0 Å². The molecule has 3 N–H and O–H groups in total. The van der Waals surface area contributed by atoms with Crippen LogP contribution in [-0.2, 0) is 20.8 Å². The SMILES string of the molecule is CNC1=CC(NC)=C(NC)C1.[Cl][Zr][Cl]. The van der Waals surface area contributed by atoms with Crippen LogP contribution in [-0.4, -0.2) is 21.1 Å². The molecule has 1 aliphatic carbocycles. The molecule has 0 aromatic carbocycles. The second kappa shape index (κ2) is 8.64. The van der Waals surface area contributed by atoms with E-state index in [1.165, 1.54) is 17.1 Å². The monoisotopic (exact) mass is 313 g/mol. The number of likely N-dealkylation sites (N-methyl/N-ethyl adjacent to an activating group) is 1. The number of rotatable bonds is 3. The predicted octanol–water partition coefficient (Wildman–Crippen LogP) is 1.52. The second-order valence-corrected chi connectivity index (χ2v) is 6.29. The Bertz CT molecular complexity index is 229. The van der Waals surface area contributed by atoms with E-state index >= 15 is 0 Å². The molecule has 0 spiro atoms. The molecule has 1 aliphatic rings. The standard InChI is InChI=1S/C8H15N3.2ClH.Zr/c1-9-6-4-7(10-2)8(5-6)11-3;;;/h4,9-11H,5H2,1-3H3;2*1H;/q;;;+2/p-2. The molecule has 0 fully saturated rings. The Labute approximate surface area is 104 Å². The van der Waals surface area contributed by atoms with Gasteiger partial charge in [-0.15, -0.1) is 0 Å². The van der Waals surface area contributed by atoms with Gasteiger partial charge in [-0.1, -0.05) is 0 Å². The molecule has 0 saturated heterocycles. The summed E-state index contributed by atoms with van der Waals surface area (Å²) in [5.41, 5.74) is 3.67. The van der Waals surface area contributed by atoms with Gasteiger partial charge in [-0.25, -0.2) is 0 Å². The maximum atomic E-state index is 4.93. The van der Waals surface area contributed by atoms with E-state index in [-0.39, 0.29) is 0 Å². The summed E-state index contributed by atoms with van der Waals surface area (Å²) in [6.07, 6.45) is 3.09. The van der Waals surface area contributed by atoms with Crippen molar-refractivity contribution in [2.75, 3.05) is 21.1 Å². The van der Waals surface area contributed by atoms with Crippen molar-refractivity contribution in [1.82, 2.24) is 16.0 Å². The zero-order valence-electron chi connectivity index (χ0n) is 8.54. The fourth-order valence-corrected chi connectivity index (χ4v) is 1.20. The topological polar surface area (TPSA) is 36.1 Å². The Hall–Kier alpha value is 0.343. The van der Waals surface area contributed by atoms with Crippen LogP contribution in [0.5, 0.6) is 0 Å². The van der Waals surface area contributed by atoms with E-state index in [0.717, 1.165) is 6.42 Å². The molecule has 0 unspecified atom stereocenters. The van der Waals surface area contributed by atoms with E-state index in [0.29, 0.717) is 0 Å². The molecule has 0 aliphatic heterocycles. The van der Waals surface area contributed by atoms with Gasteiger partial charge in [-0.3, -0.25) is 0 Å². The van der Waals surface area contributed by atoms with Crippen LogP contribution in [0.25, 0.3) is 0 Å². The van der Waals surface area contributed by atoms with Crippen LogP contribution in [0, 0.1) is 0 Å². The molecular weight excluding hydrogens is 300 g/mol. The molecule has 0 aromatic heterocycles. The maximum absolute atomic E-state index is 4.93. The molecule has 0 heterocycles. The van der Waals surface area contributed by atoms with Gasteiger partial charge in [0.15, 0.2) is 0 Å². The van der Waals surface area contributed by atoms with Crippen LogP contribution < -0.4 is 16.0 Å². The molecule has 14 heavy (non-hydrogen) atoms. The summed E-state index contributed by atoms with van der Waals surface area (Å²) in [6, 6.07) is 0. The van der Waals surface area contributed by atoms with Crippen molar-refractivity contribution in [2.24, 2.45) is 0 Å². The van der Waals surface area contributed by atoms with Crippen molar-refractivity contribution in [3.05, 3.63) is 23.2 Å². The van der Waals surface area contributed by atoms with Crippen molar-refractivity contribution in [3.63, 3.8) is 0 Å². The quantitative estimate of drug-likeness (QED) is 0.739. The van der Waals surface area contributed by atoms with Crippen LogP contribution >= 0.6 is 17.0 Å². The zero-order valence-corrected chi connectivity index (χ0v) is 12.5. The van der Waals surface area contributed by atoms with Crippen LogP contribution in [0.15, 0.2) is 23.2 Å². The summed E-state index contributed by atoms with van der Waals surface area (Å²) in [5.74, 6) is 0. The van der Waals surface area contributed by atoms with Crippen molar-refractivity contribution >= 4 is 17.0 Å². The summed E-state index contributed by atoms with van der Waals surface area (Å²) in [5, 5.41) is 9.42. The van der Waals surface area contributed by atoms with E-state index in [1.54, 1.807) is 0 Å². The minimum absolute atomic E-state index is 0.826. The first-order valence-electron chi connectivity index (χ1n) is 4.16. The molecule has 0 amide bonds. The Morgan fingerprint density at radius 3 is 2.00 bits per heavy atom. The van der Waals surface area contributed by atoms with E-state index in [1.807, 2.05) is 21.1 Å². The predicted molar refractivity (Wildman–Crippen MR) is 58.6 cm³/mol. The van der Waals surface area contributed by atoms with Crippen LogP contribution in [0.1, 0.15) is 6.42 Å². The number of halogens is 2. The molecule has 0 atom stereocenters. The van der Waals surface area contributed by atoms with E-state index in [9.17, 15) is 0 Å². The first kappa shape index (κ1) is 14.3. The van der Waals surface area contributed by atoms with Gasteiger partial charge in [-0.2, -0.15) is 0 Å². The number of allylic oxidation sites excluding steroid dienone is 1. The van der Waals surface area contributed by atoms with E-state index in [4.69, 9.17) is 17.0 Å². The average Bonchev–Trinajstić information content (AvgIpc) is 2.61. The van der Waals surface area contributed by atoms with Crippen molar-refractivity contribution < 1.29 is 20.8 Å². The van der Waals surface area contributed by atoms with Crippen molar-refractivity contribution in [2.45, 2.75) is 6.42 Å². The van der Waals surface area contributed by atoms with Crippen LogP contribution in [0.2, 0.25) is 0 Å². The summed E-state index contributed by atoms with van der Waals surface area (Å²) in [6.45, 7) is 0.